The molecular formula is C28H27N3OS. The molecule has 0 bridgehead atoms. The van der Waals surface area contributed by atoms with Gasteiger partial charge in [-0.3, -0.25) is 0 Å². The lowest BCUT2D eigenvalue weighted by Gasteiger charge is -2.31. The summed E-state index contributed by atoms with van der Waals surface area (Å²) in [4.78, 5) is 17.0. The lowest BCUT2D eigenvalue weighted by Crippen LogP contribution is -2.38. The zero-order chi connectivity index (χ0) is 22.9. The summed E-state index contributed by atoms with van der Waals surface area (Å²) in [6.07, 6.45) is 4.16. The molecule has 0 saturated carbocycles. The molecule has 0 saturated heterocycles. The Kier molecular flexibility index (Phi) is 5.73. The minimum Gasteiger partial charge on any atom is -0.318 e. The van der Waals surface area contributed by atoms with Crippen molar-refractivity contribution >= 4 is 23.5 Å². The van der Waals surface area contributed by atoms with Crippen LogP contribution < -0.4 is 5.32 Å². The SMILES string of the molecule is CSc1ccc(C2c3cccn3-c3ccccc3CN2C(=O)Nc2cccc(C)c2C)cc1. The Morgan fingerprint density at radius 2 is 1.73 bits per heavy atom. The molecule has 1 aliphatic rings. The Morgan fingerprint density at radius 3 is 2.52 bits per heavy atom. The summed E-state index contributed by atoms with van der Waals surface area (Å²) < 4.78 is 2.22. The van der Waals surface area contributed by atoms with E-state index in [0.29, 0.717) is 6.54 Å². The number of nitrogens with one attached hydrogen (secondary N) is 1. The van der Waals surface area contributed by atoms with E-state index in [1.807, 2.05) is 30.0 Å². The molecule has 0 fully saturated rings. The number of carbonyl (C=O) groups is 1. The fourth-order valence-corrected chi connectivity index (χ4v) is 4.96. The Hall–Kier alpha value is -3.44. The standard InChI is InChI=1S/C28H27N3OS/c1-19-8-6-10-24(20(19)2)29-28(32)31-18-22-9-4-5-11-25(22)30-17-7-12-26(30)27(31)21-13-15-23(33-3)16-14-21/h4-17,27H,18H2,1-3H3,(H,29,32). The van der Waals surface area contributed by atoms with E-state index in [1.54, 1.807) is 11.8 Å². The highest BCUT2D eigenvalue weighted by molar-refractivity contribution is 7.98. The number of benzene rings is 3. The molecule has 5 rings (SSSR count). The van der Waals surface area contributed by atoms with Gasteiger partial charge in [-0.1, -0.05) is 42.5 Å². The Balaban J connectivity index is 1.63. The number of rotatable bonds is 3. The lowest BCUT2D eigenvalue weighted by molar-refractivity contribution is 0.194. The van der Waals surface area contributed by atoms with Crippen molar-refractivity contribution in [3.63, 3.8) is 0 Å². The highest BCUT2D eigenvalue weighted by Gasteiger charge is 2.33. The van der Waals surface area contributed by atoms with Gasteiger partial charge in [0.05, 0.1) is 18.3 Å². The smallest absolute Gasteiger partial charge is 0.318 e. The fourth-order valence-electron chi connectivity index (χ4n) is 4.55. The molecule has 33 heavy (non-hydrogen) atoms. The molecule has 1 aromatic heterocycles. The van der Waals surface area contributed by atoms with Gasteiger partial charge in [0.15, 0.2) is 0 Å². The monoisotopic (exact) mass is 453 g/mol. The molecule has 5 heteroatoms. The molecule has 1 N–H and O–H groups in total. The lowest BCUT2D eigenvalue weighted by atomic mass is 10.0. The largest absolute Gasteiger partial charge is 0.322 e. The van der Waals surface area contributed by atoms with Gasteiger partial charge in [-0.25, -0.2) is 4.79 Å². The molecule has 2 amide bonds. The first kappa shape index (κ1) is 21.4. The van der Waals surface area contributed by atoms with E-state index in [2.05, 4.69) is 89.9 Å². The van der Waals surface area contributed by atoms with E-state index in [1.165, 1.54) is 4.90 Å². The Labute approximate surface area is 199 Å². The zero-order valence-corrected chi connectivity index (χ0v) is 19.9. The van der Waals surface area contributed by atoms with Gasteiger partial charge in [0.1, 0.15) is 0 Å². The Morgan fingerprint density at radius 1 is 0.939 bits per heavy atom. The number of hydrogen-bond acceptors (Lipinski definition) is 2. The molecule has 0 spiro atoms. The topological polar surface area (TPSA) is 37.3 Å². The van der Waals surface area contributed by atoms with Gasteiger partial charge in [0.25, 0.3) is 0 Å². The van der Waals surface area contributed by atoms with Crippen LogP contribution in [0, 0.1) is 13.8 Å². The second-order valence-corrected chi connectivity index (χ2v) is 9.29. The van der Waals surface area contributed by atoms with E-state index in [9.17, 15) is 4.79 Å². The van der Waals surface area contributed by atoms with E-state index < -0.39 is 0 Å². The van der Waals surface area contributed by atoms with Crippen molar-refractivity contribution in [3.8, 4) is 5.69 Å². The average Bonchev–Trinajstić information content (AvgIpc) is 3.26. The third-order valence-electron chi connectivity index (χ3n) is 6.50. The number of anilines is 1. The van der Waals surface area contributed by atoms with E-state index in [4.69, 9.17) is 0 Å². The summed E-state index contributed by atoms with van der Waals surface area (Å²) in [5, 5.41) is 3.20. The summed E-state index contributed by atoms with van der Waals surface area (Å²) in [7, 11) is 0. The number of carbonyl (C=O) groups excluding carboxylic acids is 1. The first-order chi connectivity index (χ1) is 16.1. The van der Waals surface area contributed by atoms with Gasteiger partial charge in [-0.15, -0.1) is 11.8 Å². The van der Waals surface area contributed by atoms with Crippen LogP contribution in [-0.4, -0.2) is 21.8 Å². The highest BCUT2D eigenvalue weighted by atomic mass is 32.2. The molecule has 4 nitrogen and oxygen atoms in total. The number of amides is 2. The van der Waals surface area contributed by atoms with Crippen molar-refractivity contribution < 1.29 is 4.79 Å². The number of nitrogens with zero attached hydrogens (tertiary/aromatic N) is 2. The van der Waals surface area contributed by atoms with Crippen molar-refractivity contribution in [2.75, 3.05) is 11.6 Å². The van der Waals surface area contributed by atoms with E-state index >= 15 is 0 Å². The summed E-state index contributed by atoms with van der Waals surface area (Å²) in [6, 6.07) is 26.7. The third-order valence-corrected chi connectivity index (χ3v) is 7.25. The minimum atomic E-state index is -0.214. The molecular weight excluding hydrogens is 426 g/mol. The maximum Gasteiger partial charge on any atom is 0.322 e. The number of thioether (sulfide) groups is 1. The van der Waals surface area contributed by atoms with Crippen molar-refractivity contribution in [1.82, 2.24) is 9.47 Å². The molecule has 1 aliphatic heterocycles. The first-order valence-electron chi connectivity index (χ1n) is 11.1. The number of hydrogen-bond donors (Lipinski definition) is 1. The summed E-state index contributed by atoms with van der Waals surface area (Å²) in [5.41, 5.74) is 7.51. The third kappa shape index (κ3) is 3.93. The molecule has 0 aliphatic carbocycles. The fraction of sp³-hybridized carbons (Fsp3) is 0.179. The maximum absolute atomic E-state index is 13.8. The van der Waals surface area contributed by atoms with Crippen LogP contribution in [0.15, 0.2) is 90.0 Å². The second-order valence-electron chi connectivity index (χ2n) is 8.41. The number of aromatic nitrogens is 1. The van der Waals surface area contributed by atoms with Crippen LogP contribution in [0.25, 0.3) is 5.69 Å². The van der Waals surface area contributed by atoms with Gasteiger partial charge in [-0.2, -0.15) is 0 Å². The summed E-state index contributed by atoms with van der Waals surface area (Å²) in [5.74, 6) is 0. The van der Waals surface area contributed by atoms with Gasteiger partial charge in [-0.05, 0) is 78.8 Å². The van der Waals surface area contributed by atoms with Crippen molar-refractivity contribution in [2.45, 2.75) is 31.3 Å². The number of urea groups is 1. The molecule has 2 heterocycles. The van der Waals surface area contributed by atoms with Crippen LogP contribution in [0.2, 0.25) is 0 Å². The first-order valence-corrected chi connectivity index (χ1v) is 12.3. The molecule has 3 aromatic carbocycles. The predicted octanol–water partition coefficient (Wildman–Crippen LogP) is 6.95. The van der Waals surface area contributed by atoms with Crippen LogP contribution in [0.3, 0.4) is 0 Å². The number of aryl methyl sites for hydroxylation is 1. The molecule has 1 atom stereocenters. The normalized spacial score (nSPS) is 14.9. The van der Waals surface area contributed by atoms with Gasteiger partial charge < -0.3 is 14.8 Å². The van der Waals surface area contributed by atoms with Crippen molar-refractivity contribution in [1.29, 1.82) is 0 Å². The van der Waals surface area contributed by atoms with Crippen LogP contribution in [0.5, 0.6) is 0 Å². The summed E-state index contributed by atoms with van der Waals surface area (Å²) in [6.45, 7) is 4.63. The molecule has 4 aromatic rings. The minimum absolute atomic E-state index is 0.105. The van der Waals surface area contributed by atoms with Crippen LogP contribution in [0.1, 0.15) is 34.0 Å². The van der Waals surface area contributed by atoms with Gasteiger partial charge >= 0.3 is 6.03 Å². The average molecular weight is 454 g/mol. The van der Waals surface area contributed by atoms with Crippen LogP contribution >= 0.6 is 11.8 Å². The number of fused-ring (bicyclic) bond motifs is 3. The van der Waals surface area contributed by atoms with Crippen molar-refractivity contribution in [2.24, 2.45) is 0 Å². The molecule has 0 radical (unpaired) electrons. The van der Waals surface area contributed by atoms with Gasteiger partial charge in [0.2, 0.25) is 0 Å². The van der Waals surface area contributed by atoms with Crippen LogP contribution in [0.4, 0.5) is 10.5 Å². The predicted molar refractivity (Wildman–Crippen MR) is 136 cm³/mol. The van der Waals surface area contributed by atoms with Crippen molar-refractivity contribution in [3.05, 3.63) is 113 Å². The quantitative estimate of drug-likeness (QED) is 0.341. The highest BCUT2D eigenvalue weighted by Crippen LogP contribution is 2.37. The second kappa shape index (κ2) is 8.83. The van der Waals surface area contributed by atoms with Gasteiger partial charge in [0, 0.05) is 22.5 Å². The summed E-state index contributed by atoms with van der Waals surface area (Å²) >= 11 is 1.72. The molecule has 166 valence electrons. The number of para-hydroxylation sites is 1. The Bertz CT molecular complexity index is 1310. The van der Waals surface area contributed by atoms with E-state index in [-0.39, 0.29) is 12.1 Å². The van der Waals surface area contributed by atoms with Crippen LogP contribution in [-0.2, 0) is 6.54 Å². The molecule has 1 unspecified atom stereocenters. The maximum atomic E-state index is 13.8. The van der Waals surface area contributed by atoms with E-state index in [0.717, 1.165) is 39.3 Å². The zero-order valence-electron chi connectivity index (χ0n) is 19.1.